The molecule has 0 fully saturated rings. The highest BCUT2D eigenvalue weighted by molar-refractivity contribution is 6.63. The highest BCUT2D eigenvalue weighted by Gasteiger charge is 2.37. The Hall–Kier alpha value is -6.86. The lowest BCUT2D eigenvalue weighted by Crippen LogP contribution is -2.42. The van der Waals surface area contributed by atoms with E-state index in [0.29, 0.717) is 28.5 Å². The molecule has 3 aliphatic carbocycles. The summed E-state index contributed by atoms with van der Waals surface area (Å²) < 4.78 is 0. The summed E-state index contributed by atoms with van der Waals surface area (Å²) in [5.41, 5.74) is 14.5. The average molecular weight is 798 g/mol. The molecule has 5 aromatic rings. The second kappa shape index (κ2) is 15.0. The van der Waals surface area contributed by atoms with Crippen LogP contribution < -0.4 is 15.6 Å². The Bertz CT molecular complexity index is 2990. The highest BCUT2D eigenvalue weighted by atomic mass is 15.2. The summed E-state index contributed by atoms with van der Waals surface area (Å²) in [4.78, 5) is 22.5. The number of allylic oxidation sites excluding steroid dienone is 8. The maximum atomic E-state index is 9.64. The lowest BCUT2D eigenvalue weighted by atomic mass is 9.82. The molecule has 7 nitrogen and oxygen atoms in total. The SMILES string of the molecule is CC(C)N=C1C=CC=C(N(C2=CC=C(c3ccccc3)C(=N)C2=NC(C)C)c2ccc(-c3ccc(-c4cccc5c4-c4ccccc4C5(C)C)cc3)c3c2=NC(C)(C)N=3)C1=N. The van der Waals surface area contributed by atoms with Crippen molar-refractivity contribution in [1.29, 1.82) is 10.8 Å². The minimum absolute atomic E-state index is 0.000663. The zero-order valence-corrected chi connectivity index (χ0v) is 36.2. The van der Waals surface area contributed by atoms with Crippen molar-refractivity contribution in [1.82, 2.24) is 0 Å². The molecule has 0 saturated heterocycles. The molecule has 302 valence electrons. The first kappa shape index (κ1) is 39.6. The van der Waals surface area contributed by atoms with Crippen molar-refractivity contribution in [2.75, 3.05) is 4.90 Å². The molecule has 0 radical (unpaired) electrons. The Balaban J connectivity index is 1.21. The van der Waals surface area contributed by atoms with Crippen LogP contribution in [0.2, 0.25) is 0 Å². The quantitative estimate of drug-likeness (QED) is 0.150. The van der Waals surface area contributed by atoms with E-state index in [0.717, 1.165) is 44.2 Å². The van der Waals surface area contributed by atoms with Gasteiger partial charge in [0.2, 0.25) is 0 Å². The molecule has 4 aliphatic rings. The van der Waals surface area contributed by atoms with Gasteiger partial charge in [0.05, 0.1) is 33.9 Å². The van der Waals surface area contributed by atoms with Crippen LogP contribution in [-0.4, -0.2) is 40.6 Å². The van der Waals surface area contributed by atoms with Crippen LogP contribution in [0.5, 0.6) is 0 Å². The molecule has 1 heterocycles. The number of anilines is 1. The second-order valence-electron chi connectivity index (χ2n) is 17.7. The summed E-state index contributed by atoms with van der Waals surface area (Å²) in [6, 6.07) is 38.5. The van der Waals surface area contributed by atoms with Gasteiger partial charge in [0, 0.05) is 28.6 Å². The third kappa shape index (κ3) is 6.88. The lowest BCUT2D eigenvalue weighted by molar-refractivity contribution is 0.549. The van der Waals surface area contributed by atoms with Crippen molar-refractivity contribution in [3.05, 3.63) is 178 Å². The van der Waals surface area contributed by atoms with Crippen LogP contribution in [0.4, 0.5) is 5.69 Å². The van der Waals surface area contributed by atoms with Crippen LogP contribution >= 0.6 is 0 Å². The standard InChI is InChI=1S/C54H51N7/c1-32(2)57-43-22-15-23-44(49(43)56)61(45-30-28-38(34-16-10-9-11-17-34)48(55)51(45)58-33(3)4)46-31-29-39(50-52(46)60-54(7,8)59-50)36-26-24-35(25-27-36)37-19-14-21-42-47(37)40-18-12-13-20-41(40)53(42,5)6/h9-33,55-56H,1-8H3. The molecular weight excluding hydrogens is 747 g/mol. The van der Waals surface area contributed by atoms with Gasteiger partial charge in [-0.2, -0.15) is 0 Å². The minimum atomic E-state index is -0.731. The van der Waals surface area contributed by atoms with Crippen LogP contribution in [0.3, 0.4) is 0 Å². The van der Waals surface area contributed by atoms with Crippen molar-refractivity contribution >= 4 is 34.1 Å². The van der Waals surface area contributed by atoms with E-state index >= 15 is 0 Å². The summed E-state index contributed by atoms with van der Waals surface area (Å²) in [7, 11) is 0. The Labute approximate surface area is 358 Å². The lowest BCUT2D eigenvalue weighted by Gasteiger charge is -2.34. The van der Waals surface area contributed by atoms with Crippen LogP contribution in [0, 0.1) is 10.8 Å². The Morgan fingerprint density at radius 1 is 0.557 bits per heavy atom. The van der Waals surface area contributed by atoms with Gasteiger partial charge in [-0.3, -0.25) is 30.8 Å². The first-order chi connectivity index (χ1) is 29.2. The first-order valence-corrected chi connectivity index (χ1v) is 21.2. The first-order valence-electron chi connectivity index (χ1n) is 21.2. The molecule has 0 unspecified atom stereocenters. The van der Waals surface area contributed by atoms with E-state index in [9.17, 15) is 10.8 Å². The summed E-state index contributed by atoms with van der Waals surface area (Å²) in [6.07, 6.45) is 9.81. The molecular formula is C54H51N7. The molecule has 7 heteroatoms. The fourth-order valence-electron chi connectivity index (χ4n) is 9.10. The predicted octanol–water partition coefficient (Wildman–Crippen LogP) is 11.3. The van der Waals surface area contributed by atoms with Crippen LogP contribution in [0.25, 0.3) is 39.0 Å². The topological polar surface area (TPSA) is 100 Å². The fourth-order valence-corrected chi connectivity index (χ4v) is 9.10. The number of hydrogen-bond donors (Lipinski definition) is 2. The maximum absolute atomic E-state index is 9.64. The smallest absolute Gasteiger partial charge is 0.146 e. The third-order valence-corrected chi connectivity index (χ3v) is 11.8. The second-order valence-corrected chi connectivity index (χ2v) is 17.7. The van der Waals surface area contributed by atoms with Crippen molar-refractivity contribution in [3.63, 3.8) is 0 Å². The van der Waals surface area contributed by atoms with Gasteiger partial charge in [0.1, 0.15) is 22.4 Å². The van der Waals surface area contributed by atoms with E-state index in [1.807, 2.05) is 102 Å². The number of nitrogens with one attached hydrogen (secondary N) is 2. The number of hydrogen-bond acceptors (Lipinski definition) is 7. The Morgan fingerprint density at radius 2 is 1.20 bits per heavy atom. The highest BCUT2D eigenvalue weighted by Crippen LogP contribution is 2.52. The average Bonchev–Trinajstić information content (AvgIpc) is 3.69. The number of aliphatic imine (C=N–C) groups is 2. The van der Waals surface area contributed by atoms with Gasteiger partial charge in [-0.05, 0) is 122 Å². The molecule has 9 rings (SSSR count). The molecule has 0 bridgehead atoms. The largest absolute Gasteiger partial charge is 0.304 e. The monoisotopic (exact) mass is 797 g/mol. The summed E-state index contributed by atoms with van der Waals surface area (Å²) in [5, 5.41) is 20.8. The molecule has 1 aliphatic heterocycles. The number of benzene rings is 5. The van der Waals surface area contributed by atoms with Crippen LogP contribution in [-0.2, 0) is 5.41 Å². The molecule has 5 aromatic carbocycles. The van der Waals surface area contributed by atoms with Gasteiger partial charge in [-0.15, -0.1) is 0 Å². The van der Waals surface area contributed by atoms with E-state index in [1.54, 1.807) is 0 Å². The van der Waals surface area contributed by atoms with Crippen LogP contribution in [0.15, 0.2) is 171 Å². The molecule has 0 atom stereocenters. The maximum Gasteiger partial charge on any atom is 0.146 e. The van der Waals surface area contributed by atoms with E-state index in [2.05, 4.69) is 97.6 Å². The van der Waals surface area contributed by atoms with Crippen molar-refractivity contribution in [2.45, 2.75) is 78.6 Å². The molecule has 0 saturated carbocycles. The summed E-state index contributed by atoms with van der Waals surface area (Å²) in [5.74, 6) is 0. The zero-order valence-electron chi connectivity index (χ0n) is 36.2. The van der Waals surface area contributed by atoms with Gasteiger partial charge in [0.25, 0.3) is 0 Å². The molecule has 61 heavy (non-hydrogen) atoms. The van der Waals surface area contributed by atoms with Gasteiger partial charge < -0.3 is 4.90 Å². The fraction of sp³-hybridized carbons (Fsp3) is 0.222. The van der Waals surface area contributed by atoms with Gasteiger partial charge in [-0.1, -0.05) is 117 Å². The molecule has 0 aromatic heterocycles. The minimum Gasteiger partial charge on any atom is -0.304 e. The van der Waals surface area contributed by atoms with Crippen LogP contribution in [0.1, 0.15) is 72.1 Å². The molecule has 0 amide bonds. The normalized spacial score (nSPS) is 18.4. The predicted molar refractivity (Wildman–Crippen MR) is 254 cm³/mol. The zero-order chi connectivity index (χ0) is 42.8. The Kier molecular flexibility index (Phi) is 9.74. The molecule has 2 N–H and O–H groups in total. The summed E-state index contributed by atoms with van der Waals surface area (Å²) in [6.45, 7) is 16.8. The van der Waals surface area contributed by atoms with E-state index < -0.39 is 5.66 Å². The van der Waals surface area contributed by atoms with Crippen molar-refractivity contribution in [3.8, 4) is 33.4 Å². The molecule has 0 spiro atoms. The third-order valence-electron chi connectivity index (χ3n) is 11.8. The van der Waals surface area contributed by atoms with Crippen molar-refractivity contribution in [2.24, 2.45) is 20.0 Å². The van der Waals surface area contributed by atoms with E-state index in [1.165, 1.54) is 27.8 Å². The van der Waals surface area contributed by atoms with Gasteiger partial charge >= 0.3 is 0 Å². The number of nitrogens with zero attached hydrogens (tertiary/aromatic N) is 5. The Morgan fingerprint density at radius 3 is 1.92 bits per heavy atom. The number of fused-ring (bicyclic) bond motifs is 4. The summed E-state index contributed by atoms with van der Waals surface area (Å²) >= 11 is 0. The van der Waals surface area contributed by atoms with E-state index in [-0.39, 0.29) is 23.2 Å². The number of rotatable bonds is 8. The van der Waals surface area contributed by atoms with Gasteiger partial charge in [0.15, 0.2) is 0 Å². The van der Waals surface area contributed by atoms with Crippen molar-refractivity contribution < 1.29 is 0 Å². The van der Waals surface area contributed by atoms with Gasteiger partial charge in [-0.25, -0.2) is 0 Å². The van der Waals surface area contributed by atoms with E-state index in [4.69, 9.17) is 20.0 Å².